The molecule has 0 atom stereocenters. The quantitative estimate of drug-likeness (QED) is 0.752. The summed E-state index contributed by atoms with van der Waals surface area (Å²) in [5, 5.41) is 8.80. The molecular weight excluding hydrogens is 346 g/mol. The van der Waals surface area contributed by atoms with E-state index in [-0.39, 0.29) is 18.3 Å². The summed E-state index contributed by atoms with van der Waals surface area (Å²) in [5.41, 5.74) is -1.19. The number of halogens is 2. The van der Waals surface area contributed by atoms with Crippen molar-refractivity contribution in [3.63, 3.8) is 0 Å². The summed E-state index contributed by atoms with van der Waals surface area (Å²) in [4.78, 5) is 28.0. The van der Waals surface area contributed by atoms with Gasteiger partial charge in [0.05, 0.1) is 12.2 Å². The van der Waals surface area contributed by atoms with Crippen LogP contribution in [0.2, 0.25) is 0 Å². The van der Waals surface area contributed by atoms with Crippen molar-refractivity contribution in [3.05, 3.63) is 68.2 Å². The standard InChI is InChI=1S/C15H10F2N2O4.C3H8.H2/c1-7-13(17)8(2-3-18-7)6-19-14(21)12-10(16)4-9(20)5-11(12)23-15(19)22;1-3-2;/h2-5,20H,6H2,1H3;3H2,1-2H3;1H. The van der Waals surface area contributed by atoms with Gasteiger partial charge in [-0.3, -0.25) is 9.78 Å². The van der Waals surface area contributed by atoms with Gasteiger partial charge in [0.15, 0.2) is 5.58 Å². The first kappa shape index (κ1) is 19.3. The number of pyridine rings is 1. The van der Waals surface area contributed by atoms with Crippen LogP contribution in [0.3, 0.4) is 0 Å². The molecule has 2 heterocycles. The zero-order valence-corrected chi connectivity index (χ0v) is 14.5. The molecule has 0 saturated heterocycles. The van der Waals surface area contributed by atoms with Gasteiger partial charge in [-0.1, -0.05) is 20.3 Å². The van der Waals surface area contributed by atoms with Crippen LogP contribution < -0.4 is 11.3 Å². The van der Waals surface area contributed by atoms with Crippen molar-refractivity contribution in [2.45, 2.75) is 33.7 Å². The van der Waals surface area contributed by atoms with Crippen molar-refractivity contribution in [2.75, 3.05) is 0 Å². The molecule has 26 heavy (non-hydrogen) atoms. The fourth-order valence-corrected chi connectivity index (χ4v) is 2.25. The number of benzene rings is 1. The molecule has 0 saturated carbocycles. The largest absolute Gasteiger partial charge is 0.508 e. The lowest BCUT2D eigenvalue weighted by atomic mass is 10.2. The Labute approximate surface area is 148 Å². The number of aromatic nitrogens is 2. The number of aromatic hydroxyl groups is 1. The molecule has 0 unspecified atom stereocenters. The Bertz CT molecular complexity index is 1060. The highest BCUT2D eigenvalue weighted by Crippen LogP contribution is 2.20. The summed E-state index contributed by atoms with van der Waals surface area (Å²) >= 11 is 0. The zero-order chi connectivity index (χ0) is 19.4. The zero-order valence-electron chi connectivity index (χ0n) is 14.5. The topological polar surface area (TPSA) is 85.3 Å². The van der Waals surface area contributed by atoms with E-state index < -0.39 is 40.6 Å². The normalized spacial score (nSPS) is 10.5. The molecule has 0 amide bonds. The van der Waals surface area contributed by atoms with Gasteiger partial charge in [-0.05, 0) is 13.0 Å². The number of aryl methyl sites for hydroxylation is 1. The van der Waals surface area contributed by atoms with Crippen molar-refractivity contribution < 1.29 is 19.7 Å². The summed E-state index contributed by atoms with van der Waals surface area (Å²) in [5.74, 6) is -3.26. The maximum absolute atomic E-state index is 14.0. The lowest BCUT2D eigenvalue weighted by molar-refractivity contribution is 0.449. The van der Waals surface area contributed by atoms with E-state index in [0.29, 0.717) is 4.57 Å². The minimum Gasteiger partial charge on any atom is -0.508 e. The van der Waals surface area contributed by atoms with Gasteiger partial charge >= 0.3 is 5.76 Å². The number of nitrogens with zero attached hydrogens (tertiary/aromatic N) is 2. The lowest BCUT2D eigenvalue weighted by Crippen LogP contribution is -2.33. The van der Waals surface area contributed by atoms with Crippen LogP contribution >= 0.6 is 0 Å². The van der Waals surface area contributed by atoms with Gasteiger partial charge in [0, 0.05) is 25.3 Å². The average Bonchev–Trinajstić information content (AvgIpc) is 2.55. The highest BCUT2D eigenvalue weighted by Gasteiger charge is 2.17. The van der Waals surface area contributed by atoms with E-state index in [4.69, 9.17) is 4.42 Å². The van der Waals surface area contributed by atoms with Crippen molar-refractivity contribution >= 4 is 11.0 Å². The predicted molar refractivity (Wildman–Crippen MR) is 94.5 cm³/mol. The van der Waals surface area contributed by atoms with E-state index in [1.807, 2.05) is 0 Å². The van der Waals surface area contributed by atoms with Crippen LogP contribution in [0.1, 0.15) is 33.0 Å². The Morgan fingerprint density at radius 1 is 1.27 bits per heavy atom. The highest BCUT2D eigenvalue weighted by molar-refractivity contribution is 5.77. The van der Waals surface area contributed by atoms with Gasteiger partial charge in [0.25, 0.3) is 5.56 Å². The second-order valence-electron chi connectivity index (χ2n) is 5.64. The molecule has 8 heteroatoms. The molecule has 3 rings (SSSR count). The molecule has 0 spiro atoms. The van der Waals surface area contributed by atoms with E-state index in [1.165, 1.54) is 25.6 Å². The van der Waals surface area contributed by atoms with Crippen LogP contribution in [0, 0.1) is 18.6 Å². The fraction of sp³-hybridized carbons (Fsp3) is 0.278. The van der Waals surface area contributed by atoms with E-state index in [0.717, 1.165) is 12.1 Å². The number of phenols is 1. The van der Waals surface area contributed by atoms with Crippen LogP contribution in [-0.4, -0.2) is 14.7 Å². The fourth-order valence-electron chi connectivity index (χ4n) is 2.25. The van der Waals surface area contributed by atoms with Gasteiger partial charge < -0.3 is 9.52 Å². The average molecular weight is 366 g/mol. The molecule has 2 aromatic heterocycles. The molecule has 0 fully saturated rings. The van der Waals surface area contributed by atoms with Crippen LogP contribution in [-0.2, 0) is 6.54 Å². The molecule has 0 radical (unpaired) electrons. The minimum atomic E-state index is -1.08. The summed E-state index contributed by atoms with van der Waals surface area (Å²) in [6, 6.07) is 3.00. The first-order valence-corrected chi connectivity index (χ1v) is 7.96. The van der Waals surface area contributed by atoms with Crippen molar-refractivity contribution in [3.8, 4) is 5.75 Å². The molecule has 1 N–H and O–H groups in total. The van der Waals surface area contributed by atoms with Crippen LogP contribution in [0.15, 0.2) is 38.4 Å². The van der Waals surface area contributed by atoms with Crippen molar-refractivity contribution in [1.29, 1.82) is 0 Å². The van der Waals surface area contributed by atoms with Gasteiger partial charge in [-0.2, -0.15) is 0 Å². The number of fused-ring (bicyclic) bond motifs is 1. The summed E-state index contributed by atoms with van der Waals surface area (Å²) in [6.07, 6.45) is 2.58. The first-order chi connectivity index (χ1) is 12.3. The third kappa shape index (κ3) is 3.79. The molecule has 0 aliphatic heterocycles. The number of rotatable bonds is 2. The Kier molecular flexibility index (Phi) is 5.86. The van der Waals surface area contributed by atoms with E-state index in [2.05, 4.69) is 18.8 Å². The SMILES string of the molecule is CCC.Cc1nccc(Cn2c(=O)oc3cc(O)cc(F)c3c2=O)c1F.[HH]. The highest BCUT2D eigenvalue weighted by atomic mass is 19.1. The maximum atomic E-state index is 14.0. The number of hydrogen-bond donors (Lipinski definition) is 1. The van der Waals surface area contributed by atoms with Crippen molar-refractivity contribution in [1.82, 2.24) is 9.55 Å². The van der Waals surface area contributed by atoms with Gasteiger partial charge in [0.1, 0.15) is 22.8 Å². The second-order valence-corrected chi connectivity index (χ2v) is 5.64. The third-order valence-electron chi connectivity index (χ3n) is 3.39. The smallest absolute Gasteiger partial charge is 0.422 e. The van der Waals surface area contributed by atoms with Crippen LogP contribution in [0.5, 0.6) is 5.75 Å². The van der Waals surface area contributed by atoms with Crippen LogP contribution in [0.25, 0.3) is 11.0 Å². The van der Waals surface area contributed by atoms with Crippen molar-refractivity contribution in [2.24, 2.45) is 0 Å². The van der Waals surface area contributed by atoms with E-state index in [9.17, 15) is 23.5 Å². The maximum Gasteiger partial charge on any atom is 0.422 e. The summed E-state index contributed by atoms with van der Waals surface area (Å²) < 4.78 is 33.3. The Morgan fingerprint density at radius 3 is 2.58 bits per heavy atom. The first-order valence-electron chi connectivity index (χ1n) is 7.96. The number of hydrogen-bond acceptors (Lipinski definition) is 5. The Balaban J connectivity index is 0.000000855. The van der Waals surface area contributed by atoms with Crippen LogP contribution in [0.4, 0.5) is 8.78 Å². The van der Waals surface area contributed by atoms with Gasteiger partial charge in [-0.25, -0.2) is 18.1 Å². The summed E-state index contributed by atoms with van der Waals surface area (Å²) in [7, 11) is 0. The molecule has 0 aliphatic rings. The molecule has 140 valence electrons. The molecular formula is C18H20F2N2O4. The molecule has 6 nitrogen and oxygen atoms in total. The summed E-state index contributed by atoms with van der Waals surface area (Å²) in [6.45, 7) is 5.26. The molecule has 3 aromatic rings. The minimum absolute atomic E-state index is 0. The number of phenolic OH excluding ortho intramolecular Hbond substituents is 1. The lowest BCUT2D eigenvalue weighted by Gasteiger charge is -2.08. The predicted octanol–water partition coefficient (Wildman–Crippen LogP) is 3.35. The van der Waals surface area contributed by atoms with E-state index in [1.54, 1.807) is 0 Å². The monoisotopic (exact) mass is 366 g/mol. The molecule has 1 aromatic carbocycles. The van der Waals surface area contributed by atoms with Gasteiger partial charge in [0.2, 0.25) is 0 Å². The molecule has 0 aliphatic carbocycles. The van der Waals surface area contributed by atoms with E-state index >= 15 is 0 Å². The Morgan fingerprint density at radius 2 is 1.92 bits per heavy atom. The molecule has 0 bridgehead atoms. The second kappa shape index (κ2) is 7.90. The third-order valence-corrected chi connectivity index (χ3v) is 3.39. The van der Waals surface area contributed by atoms with Gasteiger partial charge in [-0.15, -0.1) is 0 Å². The Hall–Kier alpha value is -3.03.